The van der Waals surface area contributed by atoms with Gasteiger partial charge in [-0.15, -0.1) is 45.6 Å². The quantitative estimate of drug-likeness (QED) is 0.0428. The van der Waals surface area contributed by atoms with Crippen molar-refractivity contribution in [1.29, 1.82) is 0.594 Å². The van der Waals surface area contributed by atoms with E-state index in [4.69, 9.17) is 30.8 Å². The number of nitrogens with one attached hydrogen (secondary N) is 1. The van der Waals surface area contributed by atoms with Crippen molar-refractivity contribution >= 4 is 114 Å². The van der Waals surface area contributed by atoms with Crippen molar-refractivity contribution in [1.82, 2.24) is 29.1 Å². The number of aryl methyl sites for hydroxylation is 5. The van der Waals surface area contributed by atoms with Gasteiger partial charge in [-0.25, -0.2) is 28.9 Å². The molecule has 5 aromatic heterocycles. The van der Waals surface area contributed by atoms with E-state index in [0.29, 0.717) is 46.0 Å². The number of anilines is 1. The van der Waals surface area contributed by atoms with Crippen LogP contribution in [0.3, 0.4) is 0 Å². The average Bonchev–Trinajstić information content (AvgIpc) is 4.05. The van der Waals surface area contributed by atoms with Gasteiger partial charge in [0.25, 0.3) is 5.91 Å². The molecule has 0 aliphatic rings. The fraction of sp³-hybridized carbons (Fsp3) is 0.356. The molecule has 3 radical (unpaired) electrons. The molecule has 67 heavy (non-hydrogen) atoms. The molecule has 369 valence electrons. The number of aromatic nitrogens is 5. The topological polar surface area (TPSA) is 202 Å². The Kier molecular flexibility index (Phi) is 32.1. The van der Waals surface area contributed by atoms with E-state index in [9.17, 15) is 23.6 Å². The summed E-state index contributed by atoms with van der Waals surface area (Å²) in [5.74, 6) is -0.700. The number of carbonyl (C=O) groups excluding carboxylic acids is 4. The molecule has 7 aromatic rings. The van der Waals surface area contributed by atoms with Crippen molar-refractivity contribution in [3.05, 3.63) is 116 Å². The van der Waals surface area contributed by atoms with Gasteiger partial charge in [0.1, 0.15) is 23.0 Å². The molecule has 1 unspecified atom stereocenters. The monoisotopic (exact) mass is 1120 g/mol. The number of hydrogen-bond donors (Lipinski definition) is 3. The van der Waals surface area contributed by atoms with Crippen LogP contribution in [0.1, 0.15) is 95.6 Å². The van der Waals surface area contributed by atoms with Gasteiger partial charge in [-0.05, 0) is 83.5 Å². The second kappa shape index (κ2) is 33.5. The molecule has 15 nitrogen and oxygen atoms in total. The number of methoxy groups -OCH3 is 2. The second-order valence-corrected chi connectivity index (χ2v) is 17.5. The molecule has 1 amide bonds. The summed E-state index contributed by atoms with van der Waals surface area (Å²) in [5, 5.41) is 2.45. The number of benzene rings is 2. The van der Waals surface area contributed by atoms with Crippen LogP contribution in [0.15, 0.2) is 67.1 Å². The number of ketones is 1. The zero-order valence-electron chi connectivity index (χ0n) is 38.2. The van der Waals surface area contributed by atoms with Gasteiger partial charge in [0.05, 0.1) is 25.6 Å². The SMILES string of the molecule is C.C.C.CC.COC(=O)C(Cl)C(C)=O.COC(=O)c1c(C)nc2sc(C)cn12.Cc1cn2c(C(=O)NCc3ccc(Oc4ccc(F)cc4)cc3)c(C)nc2s1.Cc1cnc(N)s1.[3H]I(C)O.[B]. The number of imidazole rings is 2. The maximum atomic E-state index is 12.9. The van der Waals surface area contributed by atoms with Crippen molar-refractivity contribution in [3.63, 3.8) is 0 Å². The van der Waals surface area contributed by atoms with Crippen molar-refractivity contribution in [3.8, 4) is 11.5 Å². The Hall–Kier alpha value is -4.94. The molecule has 5 heterocycles. The molecule has 7 rings (SSSR count). The van der Waals surface area contributed by atoms with Crippen LogP contribution in [0.2, 0.25) is 0 Å². The molecule has 2 aromatic carbocycles. The third kappa shape index (κ3) is 20.9. The van der Waals surface area contributed by atoms with Gasteiger partial charge in [0, 0.05) is 48.2 Å². The fourth-order valence-electron chi connectivity index (χ4n) is 4.97. The smallest absolute Gasteiger partial charge is 0 e. The Morgan fingerprint density at radius 3 is 1.66 bits per heavy atom. The van der Waals surface area contributed by atoms with Crippen molar-refractivity contribution in [2.75, 3.05) is 24.9 Å². The van der Waals surface area contributed by atoms with E-state index in [-0.39, 0.29) is 48.4 Å². The molecule has 0 aliphatic heterocycles. The maximum absolute atomic E-state index is 12.9. The summed E-state index contributed by atoms with van der Waals surface area (Å²) >= 11 is 7.86. The van der Waals surface area contributed by atoms with Crippen LogP contribution >= 0.6 is 67.0 Å². The third-order valence-electron chi connectivity index (χ3n) is 7.66. The number of esters is 2. The summed E-state index contributed by atoms with van der Waals surface area (Å²) in [6.07, 6.45) is 5.59. The number of thiazole rings is 3. The van der Waals surface area contributed by atoms with E-state index in [2.05, 4.69) is 25.0 Å². The Balaban J connectivity index is -0.000000887. The molecule has 0 spiro atoms. The first-order valence-corrected chi connectivity index (χ1v) is 24.8. The molecular formula is C45H64BClFIN7O8S3. The number of nitrogen functional groups attached to an aromatic ring is 1. The van der Waals surface area contributed by atoms with Gasteiger partial charge >= 0.3 is 42.3 Å². The minimum absolute atomic E-state index is 0. The fourth-order valence-corrected chi connectivity index (χ4v) is 7.34. The summed E-state index contributed by atoms with van der Waals surface area (Å²) < 4.78 is 45.3. The van der Waals surface area contributed by atoms with Crippen molar-refractivity contribution in [2.24, 2.45) is 0 Å². The van der Waals surface area contributed by atoms with Crippen LogP contribution in [0, 0.1) is 40.4 Å². The van der Waals surface area contributed by atoms with E-state index in [1.165, 1.54) is 44.6 Å². The van der Waals surface area contributed by atoms with E-state index >= 15 is 0 Å². The summed E-state index contributed by atoms with van der Waals surface area (Å²) in [6.45, 7) is 15.2. The number of Topliss-reactive ketones (excluding diaryl/α,β-unsaturated/α-hetero) is 1. The van der Waals surface area contributed by atoms with Crippen LogP contribution in [-0.4, -0.2) is 84.4 Å². The summed E-state index contributed by atoms with van der Waals surface area (Å²) in [6, 6.07) is 13.2. The Morgan fingerprint density at radius 1 is 0.836 bits per heavy atom. The van der Waals surface area contributed by atoms with Crippen LogP contribution < -0.4 is 15.8 Å². The Bertz CT molecular complexity index is 2570. The first kappa shape index (κ1) is 64.1. The molecule has 0 saturated carbocycles. The van der Waals surface area contributed by atoms with Gasteiger partial charge < -0.3 is 25.3 Å². The summed E-state index contributed by atoms with van der Waals surface area (Å²) in [5.41, 5.74) is 8.74. The third-order valence-corrected chi connectivity index (χ3v) is 10.7. The number of ether oxygens (including phenoxy) is 3. The first-order chi connectivity index (χ1) is 30.2. The summed E-state index contributed by atoms with van der Waals surface area (Å²) in [7, 11) is 2.56. The molecule has 1 atom stereocenters. The van der Waals surface area contributed by atoms with Gasteiger partial charge in [0.2, 0.25) is 0 Å². The zero-order valence-corrected chi connectivity index (χ0v) is 42.6. The number of rotatable bonds is 8. The van der Waals surface area contributed by atoms with E-state index in [1.807, 2.05) is 82.6 Å². The van der Waals surface area contributed by atoms with Crippen molar-refractivity contribution < 1.29 is 41.2 Å². The molecule has 22 heteroatoms. The van der Waals surface area contributed by atoms with Crippen LogP contribution in [0.25, 0.3) is 9.92 Å². The number of hydrogen-bond acceptors (Lipinski definition) is 15. The minimum Gasteiger partial charge on any atom is 0 e. The molecule has 0 saturated heterocycles. The van der Waals surface area contributed by atoms with Crippen LogP contribution in [-0.2, 0) is 25.6 Å². The summed E-state index contributed by atoms with van der Waals surface area (Å²) in [4.78, 5) is 63.9. The van der Waals surface area contributed by atoms with Gasteiger partial charge in [0.15, 0.2) is 31.9 Å². The van der Waals surface area contributed by atoms with Gasteiger partial charge in [-0.1, -0.05) is 48.3 Å². The van der Waals surface area contributed by atoms with Gasteiger partial charge in [-0.2, -0.15) is 0 Å². The zero-order chi connectivity index (χ0) is 48.3. The number of fused-ring (bicyclic) bond motifs is 2. The minimum atomic E-state index is -2.01. The van der Waals surface area contributed by atoms with Crippen LogP contribution in [0.4, 0.5) is 9.52 Å². The Morgan fingerprint density at radius 2 is 1.28 bits per heavy atom. The molecule has 4 N–H and O–H groups in total. The molecule has 0 aliphatic carbocycles. The average molecular weight is 1120 g/mol. The Labute approximate surface area is 424 Å². The largest absolute Gasteiger partial charge is 0 e. The predicted octanol–water partition coefficient (Wildman–Crippen LogP) is 10.8. The second-order valence-electron chi connectivity index (χ2n) is 12.4. The number of halogens is 3. The first-order valence-electron chi connectivity index (χ1n) is 19.1. The number of nitrogens with two attached hydrogens (primary N) is 1. The number of nitrogens with zero attached hydrogens (tertiary/aromatic N) is 5. The van der Waals surface area contributed by atoms with Crippen molar-refractivity contribution in [2.45, 2.75) is 89.6 Å². The molecule has 0 fully saturated rings. The molecule has 0 bridgehead atoms. The number of alkyl halides is 2. The molecular weight excluding hydrogens is 1050 g/mol. The van der Waals surface area contributed by atoms with Crippen LogP contribution in [0.5, 0.6) is 11.5 Å². The standard InChI is InChI=1S/C21H18FN3O2S.C9H10N2O2S.C5H7ClO3.C4H6N2S.C2H6.CH5IO.3CH4.B/c1-13-12-25-19(14(2)24-21(25)28-13)20(26)23-11-15-3-7-17(8-4-15)27-18-9-5-16(22)6-10-18;1-5-4-11-7(8(12)13-3)6(2)10-9(11)14-5;1-3(7)4(6)5(8)9-2;1-3-2-6-4(5)7-3;1-2;1-2-3;;;;/h3-10,12H,11H2,1-2H3,(H,23,26);4H,1-3H3;4H,1-2H3;2H,1H3,(H2,5,6);1-2H3;2-3H,1H3;3*1H4;/i;;;;;2T;;;;. The number of carbonyl (C=O) groups is 4. The van der Waals surface area contributed by atoms with E-state index < -0.39 is 38.6 Å². The number of amides is 1. The van der Waals surface area contributed by atoms with Gasteiger partial charge in [-0.3, -0.25) is 18.4 Å². The van der Waals surface area contributed by atoms with E-state index in [1.54, 1.807) is 57.3 Å². The maximum Gasteiger partial charge on any atom is 0 e. The van der Waals surface area contributed by atoms with E-state index in [0.717, 1.165) is 30.1 Å². The normalized spacial score (nSPS) is 10.2. The predicted molar refractivity (Wildman–Crippen MR) is 285 cm³/mol.